The van der Waals surface area contributed by atoms with Gasteiger partial charge in [0.05, 0.1) is 6.04 Å². The van der Waals surface area contributed by atoms with E-state index >= 15 is 0 Å². The molecule has 2 aromatic carbocycles. The molecule has 2 aromatic rings. The predicted octanol–water partition coefficient (Wildman–Crippen LogP) is 1.21. The van der Waals surface area contributed by atoms with Gasteiger partial charge in [-0.15, -0.1) is 0 Å². The fraction of sp³-hybridized carbons (Fsp3) is 0.133. The molecule has 4 heteroatoms. The molecule has 1 atom stereocenters. The minimum atomic E-state index is -0.618. The summed E-state index contributed by atoms with van der Waals surface area (Å²) in [4.78, 5) is 11.2. The normalized spacial score (nSPS) is 11.9. The van der Waals surface area contributed by atoms with Crippen molar-refractivity contribution in [2.75, 3.05) is 0 Å². The van der Waals surface area contributed by atoms with Gasteiger partial charge < -0.3 is 5.73 Å². The molecule has 0 radical (unpaired) electrons. The first-order valence-corrected chi connectivity index (χ1v) is 6.11. The fourth-order valence-electron chi connectivity index (χ4n) is 1.92. The van der Waals surface area contributed by atoms with Crippen LogP contribution in [0, 0.1) is 0 Å². The van der Waals surface area contributed by atoms with Gasteiger partial charge in [-0.2, -0.15) is 0 Å². The molecule has 0 aromatic heterocycles. The third-order valence-electron chi connectivity index (χ3n) is 3.00. The number of hydrogen-bond donors (Lipinski definition) is 3. The first-order valence-electron chi connectivity index (χ1n) is 6.11. The van der Waals surface area contributed by atoms with Gasteiger partial charge in [0, 0.05) is 0 Å². The van der Waals surface area contributed by atoms with Gasteiger partial charge in [-0.1, -0.05) is 54.6 Å². The Morgan fingerprint density at radius 2 is 1.58 bits per heavy atom. The maximum atomic E-state index is 11.2. The molecule has 2 rings (SSSR count). The van der Waals surface area contributed by atoms with Crippen LogP contribution in [-0.2, 0) is 11.2 Å². The highest BCUT2D eigenvalue weighted by Gasteiger charge is 2.12. The maximum absolute atomic E-state index is 11.2. The third kappa shape index (κ3) is 3.40. The molecule has 0 aliphatic rings. The Kier molecular flexibility index (Phi) is 4.28. The van der Waals surface area contributed by atoms with Crippen molar-refractivity contribution < 1.29 is 4.79 Å². The van der Waals surface area contributed by atoms with E-state index in [1.54, 1.807) is 0 Å². The van der Waals surface area contributed by atoms with Crippen molar-refractivity contribution in [2.45, 2.75) is 12.5 Å². The van der Waals surface area contributed by atoms with E-state index in [0.29, 0.717) is 6.42 Å². The van der Waals surface area contributed by atoms with Crippen molar-refractivity contribution in [1.82, 2.24) is 5.43 Å². The topological polar surface area (TPSA) is 81.1 Å². The highest BCUT2D eigenvalue weighted by molar-refractivity contribution is 5.81. The Balaban J connectivity index is 2.09. The Labute approximate surface area is 112 Å². The first kappa shape index (κ1) is 13.3. The lowest BCUT2D eigenvalue weighted by Gasteiger charge is -2.10. The van der Waals surface area contributed by atoms with Crippen molar-refractivity contribution in [2.24, 2.45) is 11.6 Å². The summed E-state index contributed by atoms with van der Waals surface area (Å²) < 4.78 is 0. The summed E-state index contributed by atoms with van der Waals surface area (Å²) in [6.07, 6.45) is 0.470. The van der Waals surface area contributed by atoms with Gasteiger partial charge in [0.25, 0.3) is 5.91 Å². The number of hydrogen-bond acceptors (Lipinski definition) is 3. The first-order chi connectivity index (χ1) is 9.20. The molecular weight excluding hydrogens is 238 g/mol. The third-order valence-corrected chi connectivity index (χ3v) is 3.00. The van der Waals surface area contributed by atoms with Crippen LogP contribution in [0.4, 0.5) is 0 Å². The van der Waals surface area contributed by atoms with E-state index in [4.69, 9.17) is 11.6 Å². The molecule has 0 saturated heterocycles. The number of carbonyl (C=O) groups excluding carboxylic acids is 1. The summed E-state index contributed by atoms with van der Waals surface area (Å²) in [7, 11) is 0. The van der Waals surface area contributed by atoms with E-state index in [9.17, 15) is 4.79 Å². The molecule has 4 nitrogen and oxygen atoms in total. The van der Waals surface area contributed by atoms with Gasteiger partial charge in [0.2, 0.25) is 0 Å². The highest BCUT2D eigenvalue weighted by Crippen LogP contribution is 2.19. The van der Waals surface area contributed by atoms with Crippen LogP contribution in [0.1, 0.15) is 5.56 Å². The van der Waals surface area contributed by atoms with Gasteiger partial charge in [-0.25, -0.2) is 5.84 Å². The lowest BCUT2D eigenvalue weighted by Crippen LogP contribution is -2.45. The number of benzene rings is 2. The molecule has 0 saturated carbocycles. The van der Waals surface area contributed by atoms with Gasteiger partial charge in [-0.05, 0) is 23.1 Å². The standard InChI is InChI=1S/C15H17N3O/c16-14(15(19)18-17)10-11-6-8-13(9-7-11)12-4-2-1-3-5-12/h1-9,14H,10,16-17H2,(H,18,19)/t14-/m0/s1. The van der Waals surface area contributed by atoms with Crippen molar-refractivity contribution in [3.63, 3.8) is 0 Å². The van der Waals surface area contributed by atoms with Crippen molar-refractivity contribution >= 4 is 5.91 Å². The average Bonchev–Trinajstić information content (AvgIpc) is 2.48. The van der Waals surface area contributed by atoms with Gasteiger partial charge >= 0.3 is 0 Å². The monoisotopic (exact) mass is 255 g/mol. The minimum absolute atomic E-state index is 0.355. The quantitative estimate of drug-likeness (QED) is 0.436. The lowest BCUT2D eigenvalue weighted by atomic mass is 10.0. The number of nitrogens with one attached hydrogen (secondary N) is 1. The molecule has 0 aliphatic heterocycles. The molecule has 1 amide bonds. The second-order valence-electron chi connectivity index (χ2n) is 4.38. The second kappa shape index (κ2) is 6.13. The minimum Gasteiger partial charge on any atom is -0.320 e. The number of amides is 1. The van der Waals surface area contributed by atoms with Crippen LogP contribution >= 0.6 is 0 Å². The van der Waals surface area contributed by atoms with E-state index in [0.717, 1.165) is 16.7 Å². The Bertz CT molecular complexity index is 537. The smallest absolute Gasteiger partial charge is 0.251 e. The molecule has 0 spiro atoms. The van der Waals surface area contributed by atoms with E-state index < -0.39 is 6.04 Å². The largest absolute Gasteiger partial charge is 0.320 e. The van der Waals surface area contributed by atoms with Crippen LogP contribution in [-0.4, -0.2) is 11.9 Å². The summed E-state index contributed by atoms with van der Waals surface area (Å²) in [5.74, 6) is 4.69. The predicted molar refractivity (Wildman–Crippen MR) is 75.9 cm³/mol. The van der Waals surface area contributed by atoms with E-state index in [2.05, 4.69) is 17.6 Å². The van der Waals surface area contributed by atoms with Crippen LogP contribution < -0.4 is 17.0 Å². The molecular formula is C15H17N3O. The zero-order valence-electron chi connectivity index (χ0n) is 10.5. The second-order valence-corrected chi connectivity index (χ2v) is 4.38. The van der Waals surface area contributed by atoms with Crippen molar-refractivity contribution in [1.29, 1.82) is 0 Å². The maximum Gasteiger partial charge on any atom is 0.251 e. The molecule has 5 N–H and O–H groups in total. The molecule has 0 unspecified atom stereocenters. The van der Waals surface area contributed by atoms with Crippen LogP contribution in [0.3, 0.4) is 0 Å². The van der Waals surface area contributed by atoms with E-state index in [1.165, 1.54) is 0 Å². The van der Waals surface area contributed by atoms with E-state index in [1.807, 2.05) is 42.5 Å². The molecule has 19 heavy (non-hydrogen) atoms. The summed E-state index contributed by atoms with van der Waals surface area (Å²) in [6, 6.07) is 17.5. The zero-order chi connectivity index (χ0) is 13.7. The summed E-state index contributed by atoms with van der Waals surface area (Å²) in [5.41, 5.74) is 11.1. The molecule has 0 bridgehead atoms. The summed E-state index contributed by atoms with van der Waals surface area (Å²) in [6.45, 7) is 0. The van der Waals surface area contributed by atoms with Crippen LogP contribution in [0.5, 0.6) is 0 Å². The lowest BCUT2D eigenvalue weighted by molar-refractivity contribution is -0.122. The molecule has 0 fully saturated rings. The molecule has 0 heterocycles. The SMILES string of the molecule is NNC(=O)[C@@H](N)Cc1ccc(-c2ccccc2)cc1. The number of rotatable bonds is 4. The van der Waals surface area contributed by atoms with E-state index in [-0.39, 0.29) is 5.91 Å². The highest BCUT2D eigenvalue weighted by atomic mass is 16.2. The number of carbonyl (C=O) groups is 1. The average molecular weight is 255 g/mol. The van der Waals surface area contributed by atoms with Crippen molar-refractivity contribution in [3.05, 3.63) is 60.2 Å². The number of hydrazine groups is 1. The molecule has 98 valence electrons. The van der Waals surface area contributed by atoms with Crippen molar-refractivity contribution in [3.8, 4) is 11.1 Å². The Morgan fingerprint density at radius 3 is 2.16 bits per heavy atom. The summed E-state index contributed by atoms with van der Waals surface area (Å²) >= 11 is 0. The Hall–Kier alpha value is -2.17. The van der Waals surface area contributed by atoms with Gasteiger partial charge in [-0.3, -0.25) is 10.2 Å². The summed E-state index contributed by atoms with van der Waals surface area (Å²) in [5, 5.41) is 0. The fourth-order valence-corrected chi connectivity index (χ4v) is 1.92. The number of nitrogens with two attached hydrogens (primary N) is 2. The zero-order valence-corrected chi connectivity index (χ0v) is 10.5. The van der Waals surface area contributed by atoms with Crippen LogP contribution in [0.25, 0.3) is 11.1 Å². The molecule has 0 aliphatic carbocycles. The van der Waals surface area contributed by atoms with Crippen LogP contribution in [0.15, 0.2) is 54.6 Å². The van der Waals surface area contributed by atoms with Gasteiger partial charge in [0.15, 0.2) is 0 Å². The Morgan fingerprint density at radius 1 is 1.00 bits per heavy atom. The van der Waals surface area contributed by atoms with Gasteiger partial charge in [0.1, 0.15) is 0 Å². The van der Waals surface area contributed by atoms with Crippen LogP contribution in [0.2, 0.25) is 0 Å².